The van der Waals surface area contributed by atoms with Gasteiger partial charge in [-0.25, -0.2) is 0 Å². The van der Waals surface area contributed by atoms with Crippen molar-refractivity contribution >= 4 is 21.6 Å². The molecule has 5 heteroatoms. The first-order valence-electron chi connectivity index (χ1n) is 6.58. The van der Waals surface area contributed by atoms with Gasteiger partial charge >= 0.3 is 6.18 Å². The fourth-order valence-corrected chi connectivity index (χ4v) is 2.45. The molecule has 2 rings (SSSR count). The highest BCUT2D eigenvalue weighted by Crippen LogP contribution is 2.33. The van der Waals surface area contributed by atoms with Gasteiger partial charge in [0.2, 0.25) is 0 Å². The molecule has 0 atom stereocenters. The standard InChI is InChI=1S/C16H15BrF3N/c1-2-11-3-5-12(6-4-11)10-21-15-8-13(16(18,19)20)7-14(17)9-15/h3-9,21H,2,10H2,1H3. The number of aryl methyl sites for hydroxylation is 1. The number of nitrogens with one attached hydrogen (secondary N) is 1. The molecule has 112 valence electrons. The molecule has 2 aromatic carbocycles. The molecule has 0 fully saturated rings. The van der Waals surface area contributed by atoms with Gasteiger partial charge in [-0.3, -0.25) is 0 Å². The molecular weight excluding hydrogens is 343 g/mol. The van der Waals surface area contributed by atoms with Crippen molar-refractivity contribution in [2.45, 2.75) is 26.1 Å². The zero-order chi connectivity index (χ0) is 15.5. The van der Waals surface area contributed by atoms with Crippen molar-refractivity contribution in [3.8, 4) is 0 Å². The van der Waals surface area contributed by atoms with Gasteiger partial charge in [0, 0.05) is 16.7 Å². The summed E-state index contributed by atoms with van der Waals surface area (Å²) in [7, 11) is 0. The summed E-state index contributed by atoms with van der Waals surface area (Å²) in [6.07, 6.45) is -3.38. The van der Waals surface area contributed by atoms with Crippen LogP contribution < -0.4 is 5.32 Å². The Morgan fingerprint density at radius 1 is 1.00 bits per heavy atom. The number of alkyl halides is 3. The third kappa shape index (κ3) is 4.49. The Balaban J connectivity index is 2.10. The molecule has 21 heavy (non-hydrogen) atoms. The third-order valence-corrected chi connectivity index (χ3v) is 3.61. The minimum atomic E-state index is -4.34. The van der Waals surface area contributed by atoms with Gasteiger partial charge < -0.3 is 5.32 Å². The molecule has 0 heterocycles. The molecule has 0 aliphatic rings. The Kier molecular flexibility index (Phi) is 4.93. The van der Waals surface area contributed by atoms with E-state index in [0.717, 1.165) is 24.1 Å². The van der Waals surface area contributed by atoms with Crippen LogP contribution in [0.5, 0.6) is 0 Å². The van der Waals surface area contributed by atoms with Crippen LogP contribution in [0.2, 0.25) is 0 Å². The first-order chi connectivity index (χ1) is 9.88. The molecule has 0 radical (unpaired) electrons. The molecule has 1 nitrogen and oxygen atoms in total. The Hall–Kier alpha value is -1.49. The van der Waals surface area contributed by atoms with E-state index < -0.39 is 11.7 Å². The van der Waals surface area contributed by atoms with E-state index in [2.05, 4.69) is 28.2 Å². The quantitative estimate of drug-likeness (QED) is 0.746. The van der Waals surface area contributed by atoms with Gasteiger partial charge in [-0.05, 0) is 35.7 Å². The normalized spacial score (nSPS) is 11.5. The van der Waals surface area contributed by atoms with E-state index in [9.17, 15) is 13.2 Å². The Morgan fingerprint density at radius 3 is 2.19 bits per heavy atom. The maximum atomic E-state index is 12.7. The van der Waals surface area contributed by atoms with Crippen molar-refractivity contribution in [1.82, 2.24) is 0 Å². The maximum Gasteiger partial charge on any atom is 0.416 e. The fraction of sp³-hybridized carbons (Fsp3) is 0.250. The topological polar surface area (TPSA) is 12.0 Å². The second-order valence-corrected chi connectivity index (χ2v) is 5.67. The van der Waals surface area contributed by atoms with Crippen molar-refractivity contribution in [2.75, 3.05) is 5.32 Å². The number of halogens is 4. The van der Waals surface area contributed by atoms with E-state index in [-0.39, 0.29) is 0 Å². The van der Waals surface area contributed by atoms with Crippen LogP contribution in [0.1, 0.15) is 23.6 Å². The highest BCUT2D eigenvalue weighted by atomic mass is 79.9. The van der Waals surface area contributed by atoms with Crippen LogP contribution in [0.25, 0.3) is 0 Å². The van der Waals surface area contributed by atoms with Gasteiger partial charge in [-0.2, -0.15) is 13.2 Å². The predicted octanol–water partition coefficient (Wildman–Crippen LogP) is 5.64. The van der Waals surface area contributed by atoms with Gasteiger partial charge in [-0.15, -0.1) is 0 Å². The minimum Gasteiger partial charge on any atom is -0.381 e. The van der Waals surface area contributed by atoms with E-state index in [1.54, 1.807) is 6.07 Å². The molecule has 0 spiro atoms. The zero-order valence-corrected chi connectivity index (χ0v) is 13.1. The van der Waals surface area contributed by atoms with Gasteiger partial charge in [-0.1, -0.05) is 47.1 Å². The van der Waals surface area contributed by atoms with E-state index in [4.69, 9.17) is 0 Å². The molecule has 0 aliphatic heterocycles. The third-order valence-electron chi connectivity index (χ3n) is 3.15. The lowest BCUT2D eigenvalue weighted by Crippen LogP contribution is -2.07. The molecule has 0 saturated heterocycles. The lowest BCUT2D eigenvalue weighted by Gasteiger charge is -2.12. The van der Waals surface area contributed by atoms with Gasteiger partial charge in [0.15, 0.2) is 0 Å². The molecule has 0 amide bonds. The average molecular weight is 358 g/mol. The van der Waals surface area contributed by atoms with E-state index in [1.807, 2.05) is 24.3 Å². The largest absolute Gasteiger partial charge is 0.416 e. The first-order valence-corrected chi connectivity index (χ1v) is 7.37. The highest BCUT2D eigenvalue weighted by Gasteiger charge is 2.31. The number of rotatable bonds is 4. The van der Waals surface area contributed by atoms with Crippen LogP contribution in [0.3, 0.4) is 0 Å². The van der Waals surface area contributed by atoms with Crippen molar-refractivity contribution in [1.29, 1.82) is 0 Å². The predicted molar refractivity (Wildman–Crippen MR) is 82.3 cm³/mol. The van der Waals surface area contributed by atoms with Crippen LogP contribution in [-0.2, 0) is 19.1 Å². The number of anilines is 1. The summed E-state index contributed by atoms with van der Waals surface area (Å²) in [5, 5.41) is 3.02. The fourth-order valence-electron chi connectivity index (χ4n) is 1.95. The van der Waals surface area contributed by atoms with Gasteiger partial charge in [0.05, 0.1) is 5.56 Å². The first kappa shape index (κ1) is 15.9. The molecule has 1 N–H and O–H groups in total. The van der Waals surface area contributed by atoms with Gasteiger partial charge in [0.25, 0.3) is 0 Å². The van der Waals surface area contributed by atoms with Crippen molar-refractivity contribution in [3.63, 3.8) is 0 Å². The summed E-state index contributed by atoms with van der Waals surface area (Å²) >= 11 is 3.11. The van der Waals surface area contributed by atoms with Crippen LogP contribution in [-0.4, -0.2) is 0 Å². The lowest BCUT2D eigenvalue weighted by molar-refractivity contribution is -0.137. The molecule has 2 aromatic rings. The highest BCUT2D eigenvalue weighted by molar-refractivity contribution is 9.10. The summed E-state index contributed by atoms with van der Waals surface area (Å²) in [6, 6.07) is 11.8. The van der Waals surface area contributed by atoms with Crippen LogP contribution in [0.4, 0.5) is 18.9 Å². The van der Waals surface area contributed by atoms with Crippen LogP contribution in [0.15, 0.2) is 46.9 Å². The molecule has 0 bridgehead atoms. The van der Waals surface area contributed by atoms with Crippen molar-refractivity contribution in [3.05, 3.63) is 63.6 Å². The lowest BCUT2D eigenvalue weighted by atomic mass is 10.1. The second kappa shape index (κ2) is 6.52. The molecule has 0 saturated carbocycles. The maximum absolute atomic E-state index is 12.7. The SMILES string of the molecule is CCc1ccc(CNc2cc(Br)cc(C(F)(F)F)c2)cc1. The number of hydrogen-bond donors (Lipinski definition) is 1. The van der Waals surface area contributed by atoms with E-state index in [1.165, 1.54) is 5.56 Å². The van der Waals surface area contributed by atoms with Crippen LogP contribution in [0, 0.1) is 0 Å². The zero-order valence-electron chi connectivity index (χ0n) is 11.5. The van der Waals surface area contributed by atoms with Crippen molar-refractivity contribution < 1.29 is 13.2 Å². The minimum absolute atomic E-state index is 0.404. The summed E-state index contributed by atoms with van der Waals surface area (Å²) in [6.45, 7) is 2.56. The second-order valence-electron chi connectivity index (χ2n) is 4.75. The Morgan fingerprint density at radius 2 is 1.62 bits per heavy atom. The summed E-state index contributed by atoms with van der Waals surface area (Å²) in [4.78, 5) is 0. The average Bonchev–Trinajstić information content (AvgIpc) is 2.44. The van der Waals surface area contributed by atoms with E-state index >= 15 is 0 Å². The summed E-state index contributed by atoms with van der Waals surface area (Å²) in [5.74, 6) is 0. The number of benzene rings is 2. The molecular formula is C16H15BrF3N. The molecule has 0 unspecified atom stereocenters. The monoisotopic (exact) mass is 357 g/mol. The molecule has 0 aliphatic carbocycles. The Labute approximate surface area is 130 Å². The smallest absolute Gasteiger partial charge is 0.381 e. The van der Waals surface area contributed by atoms with Gasteiger partial charge in [0.1, 0.15) is 0 Å². The number of hydrogen-bond acceptors (Lipinski definition) is 1. The van der Waals surface area contributed by atoms with Crippen LogP contribution >= 0.6 is 15.9 Å². The Bertz CT molecular complexity index is 606. The van der Waals surface area contributed by atoms with Crippen molar-refractivity contribution in [2.24, 2.45) is 0 Å². The van der Waals surface area contributed by atoms with E-state index in [0.29, 0.717) is 16.7 Å². The molecule has 0 aromatic heterocycles. The summed E-state index contributed by atoms with van der Waals surface area (Å²) < 4.78 is 38.6. The summed E-state index contributed by atoms with van der Waals surface area (Å²) in [5.41, 5.74) is 2.04.